The average molecular weight is 250 g/mol. The van der Waals surface area contributed by atoms with Crippen LogP contribution in [0.4, 0.5) is 4.39 Å². The van der Waals surface area contributed by atoms with Crippen LogP contribution in [0.3, 0.4) is 0 Å². The van der Waals surface area contributed by atoms with Crippen LogP contribution in [-0.4, -0.2) is 19.9 Å². The fourth-order valence-electron chi connectivity index (χ4n) is 2.11. The Bertz CT molecular complexity index is 430. The first-order chi connectivity index (χ1) is 8.36. The molecule has 0 atom stereocenters. The fraction of sp³-hybridized carbons (Fsp3) is 0.500. The molecule has 1 aromatic rings. The number of hydrogen-bond donors (Lipinski definition) is 0. The maximum atomic E-state index is 13.3. The number of halogens is 1. The van der Waals surface area contributed by atoms with Crippen molar-refractivity contribution in [1.82, 2.24) is 0 Å². The van der Waals surface area contributed by atoms with Gasteiger partial charge in [-0.25, -0.2) is 4.39 Å². The minimum Gasteiger partial charge on any atom is -0.466 e. The maximum Gasteiger partial charge on any atom is 0.298 e. The van der Waals surface area contributed by atoms with Crippen LogP contribution >= 0.6 is 0 Å². The molecule has 0 saturated heterocycles. The highest BCUT2D eigenvalue weighted by Crippen LogP contribution is 2.26. The number of aryl methyl sites for hydroxylation is 1. The van der Waals surface area contributed by atoms with Gasteiger partial charge in [0.25, 0.3) is 5.97 Å². The summed E-state index contributed by atoms with van der Waals surface area (Å²) in [5.41, 5.74) is 2.00. The van der Waals surface area contributed by atoms with E-state index in [0.29, 0.717) is 20.2 Å². The van der Waals surface area contributed by atoms with Crippen LogP contribution in [0.15, 0.2) is 18.2 Å². The van der Waals surface area contributed by atoms with Crippen molar-refractivity contribution < 1.29 is 13.9 Å². The zero-order valence-electron chi connectivity index (χ0n) is 11.5. The quantitative estimate of drug-likeness (QED) is 0.593. The van der Waals surface area contributed by atoms with Gasteiger partial charge in [-0.15, -0.1) is 0 Å². The van der Waals surface area contributed by atoms with Gasteiger partial charge in [0, 0.05) is 6.32 Å². The van der Waals surface area contributed by atoms with Gasteiger partial charge < -0.3 is 4.74 Å². The van der Waals surface area contributed by atoms with E-state index in [2.05, 4.69) is 0 Å². The highest BCUT2D eigenvalue weighted by molar-refractivity contribution is 6.44. The molecule has 0 amide bonds. The van der Waals surface area contributed by atoms with Gasteiger partial charge in [0.15, 0.2) is 0 Å². The Morgan fingerprint density at radius 2 is 2.11 bits per heavy atom. The molecule has 4 heteroatoms. The van der Waals surface area contributed by atoms with E-state index in [1.807, 2.05) is 20.8 Å². The number of benzene rings is 1. The standard InChI is InChI=1S/C14H20BFO2/c1-5-18-13(17)9-15-14(3,4)12-8-11(16)7-6-10(12)2/h6-8,15H,5,9H2,1-4H3. The maximum absolute atomic E-state index is 13.3. The van der Waals surface area contributed by atoms with E-state index in [-0.39, 0.29) is 17.1 Å². The van der Waals surface area contributed by atoms with Gasteiger partial charge in [0.05, 0.1) is 6.61 Å². The van der Waals surface area contributed by atoms with Crippen LogP contribution in [0.25, 0.3) is 0 Å². The molecule has 0 aromatic heterocycles. The third-order valence-electron chi connectivity index (χ3n) is 3.19. The summed E-state index contributed by atoms with van der Waals surface area (Å²) in [5.74, 6) is -0.431. The highest BCUT2D eigenvalue weighted by atomic mass is 19.1. The van der Waals surface area contributed by atoms with Crippen LogP contribution in [0.1, 0.15) is 31.9 Å². The van der Waals surface area contributed by atoms with Crippen molar-refractivity contribution in [1.29, 1.82) is 0 Å². The SMILES string of the molecule is CCOC(=O)CBC(C)(C)c1cc(F)ccc1C. The monoisotopic (exact) mass is 250 g/mol. The molecule has 98 valence electrons. The lowest BCUT2D eigenvalue weighted by atomic mass is 9.49. The van der Waals surface area contributed by atoms with E-state index in [9.17, 15) is 9.18 Å². The summed E-state index contributed by atoms with van der Waals surface area (Å²) in [6.45, 7) is 8.20. The molecule has 0 aliphatic rings. The summed E-state index contributed by atoms with van der Waals surface area (Å²) >= 11 is 0. The number of rotatable bonds is 5. The summed E-state index contributed by atoms with van der Waals surface area (Å²) in [6.07, 6.45) is 0.358. The lowest BCUT2D eigenvalue weighted by Crippen LogP contribution is -2.29. The van der Waals surface area contributed by atoms with Gasteiger partial charge in [-0.1, -0.05) is 19.9 Å². The Balaban J connectivity index is 2.79. The lowest BCUT2D eigenvalue weighted by molar-refractivity contribution is -0.140. The zero-order chi connectivity index (χ0) is 13.8. The molecule has 1 rings (SSSR count). The van der Waals surface area contributed by atoms with Crippen molar-refractivity contribution in [3.05, 3.63) is 35.1 Å². The van der Waals surface area contributed by atoms with Gasteiger partial charge in [0.2, 0.25) is 0 Å². The molecule has 0 radical (unpaired) electrons. The molecule has 0 aliphatic carbocycles. The lowest BCUT2D eigenvalue weighted by Gasteiger charge is -2.26. The van der Waals surface area contributed by atoms with E-state index in [1.54, 1.807) is 19.1 Å². The van der Waals surface area contributed by atoms with Gasteiger partial charge >= 0.3 is 0 Å². The number of ether oxygens (including phenoxy) is 1. The average Bonchev–Trinajstić information content (AvgIpc) is 2.30. The molecule has 0 unspecified atom stereocenters. The Labute approximate surface area is 109 Å². The Morgan fingerprint density at radius 3 is 2.72 bits per heavy atom. The van der Waals surface area contributed by atoms with E-state index < -0.39 is 0 Å². The normalized spacial score (nSPS) is 11.2. The summed E-state index contributed by atoms with van der Waals surface area (Å²) in [5, 5.41) is -0.237. The molecule has 0 fully saturated rings. The molecular weight excluding hydrogens is 230 g/mol. The summed E-state index contributed by atoms with van der Waals surface area (Å²) in [7, 11) is 0.649. The molecule has 18 heavy (non-hydrogen) atoms. The highest BCUT2D eigenvalue weighted by Gasteiger charge is 2.25. The molecule has 0 spiro atoms. The predicted molar refractivity (Wildman–Crippen MR) is 72.8 cm³/mol. The van der Waals surface area contributed by atoms with E-state index >= 15 is 0 Å². The minimum absolute atomic E-state index is 0.195. The largest absolute Gasteiger partial charge is 0.466 e. The predicted octanol–water partition coefficient (Wildman–Crippen LogP) is 2.79. The smallest absolute Gasteiger partial charge is 0.298 e. The number of esters is 1. The zero-order valence-corrected chi connectivity index (χ0v) is 11.5. The second-order valence-corrected chi connectivity index (χ2v) is 5.15. The molecule has 1 aromatic carbocycles. The number of carbonyl (C=O) groups is 1. The first-order valence-corrected chi connectivity index (χ1v) is 6.29. The van der Waals surface area contributed by atoms with Crippen molar-refractivity contribution in [2.45, 2.75) is 39.3 Å². The van der Waals surface area contributed by atoms with Gasteiger partial charge in [0.1, 0.15) is 13.1 Å². The van der Waals surface area contributed by atoms with E-state index in [1.165, 1.54) is 6.07 Å². The number of carbonyl (C=O) groups excluding carboxylic acids is 1. The van der Waals surface area contributed by atoms with Crippen LogP contribution < -0.4 is 0 Å². The van der Waals surface area contributed by atoms with Crippen LogP contribution in [0, 0.1) is 12.7 Å². The van der Waals surface area contributed by atoms with Crippen molar-refractivity contribution in [2.75, 3.05) is 6.61 Å². The third kappa shape index (κ3) is 3.86. The fourth-order valence-corrected chi connectivity index (χ4v) is 2.11. The van der Waals surface area contributed by atoms with Gasteiger partial charge in [-0.05, 0) is 42.4 Å². The van der Waals surface area contributed by atoms with Crippen LogP contribution in [0.2, 0.25) is 6.32 Å². The third-order valence-corrected chi connectivity index (χ3v) is 3.19. The summed E-state index contributed by atoms with van der Waals surface area (Å²) < 4.78 is 18.2. The van der Waals surface area contributed by atoms with Crippen molar-refractivity contribution in [3.63, 3.8) is 0 Å². The Hall–Kier alpha value is -1.32. The van der Waals surface area contributed by atoms with Gasteiger partial charge in [-0.2, -0.15) is 0 Å². The molecular formula is C14H20BFO2. The van der Waals surface area contributed by atoms with Crippen molar-refractivity contribution >= 4 is 13.2 Å². The molecule has 0 N–H and O–H groups in total. The van der Waals surface area contributed by atoms with Crippen LogP contribution in [0.5, 0.6) is 0 Å². The summed E-state index contributed by atoms with van der Waals surface area (Å²) in [4.78, 5) is 11.4. The number of hydrogen-bond acceptors (Lipinski definition) is 2. The second-order valence-electron chi connectivity index (χ2n) is 5.15. The first kappa shape index (κ1) is 14.7. The minimum atomic E-state index is -0.237. The van der Waals surface area contributed by atoms with Crippen molar-refractivity contribution in [2.24, 2.45) is 0 Å². The topological polar surface area (TPSA) is 26.3 Å². The second kappa shape index (κ2) is 6.03. The van der Waals surface area contributed by atoms with Crippen LogP contribution in [-0.2, 0) is 14.8 Å². The first-order valence-electron chi connectivity index (χ1n) is 6.29. The molecule has 2 nitrogen and oxygen atoms in total. The molecule has 0 aliphatic heterocycles. The van der Waals surface area contributed by atoms with Crippen molar-refractivity contribution in [3.8, 4) is 0 Å². The molecule has 0 bridgehead atoms. The summed E-state index contributed by atoms with van der Waals surface area (Å²) in [6, 6.07) is 4.79. The Morgan fingerprint density at radius 1 is 1.44 bits per heavy atom. The van der Waals surface area contributed by atoms with Gasteiger partial charge in [-0.3, -0.25) is 4.79 Å². The molecule has 0 heterocycles. The molecule has 0 saturated carbocycles. The Kier molecular flexibility index (Phi) is 4.94. The van der Waals surface area contributed by atoms with E-state index in [0.717, 1.165) is 11.1 Å². The van der Waals surface area contributed by atoms with E-state index in [4.69, 9.17) is 4.74 Å².